The third-order valence-electron chi connectivity index (χ3n) is 5.14. The van der Waals surface area contributed by atoms with Crippen LogP contribution in [-0.4, -0.2) is 47.1 Å². The maximum absolute atomic E-state index is 13.1. The number of carbonyl (C=O) groups is 1. The number of anilines is 1. The summed E-state index contributed by atoms with van der Waals surface area (Å²) in [5, 5.41) is 4.57. The number of thioether (sulfide) groups is 1. The first-order chi connectivity index (χ1) is 15.3. The van der Waals surface area contributed by atoms with Gasteiger partial charge in [-0.2, -0.15) is 13.2 Å². The molecule has 1 fully saturated rings. The molecule has 3 aromatic rings. The number of hydrogen-bond acceptors (Lipinski definition) is 6. The summed E-state index contributed by atoms with van der Waals surface area (Å²) in [6.07, 6.45) is -2.74. The summed E-state index contributed by atoms with van der Waals surface area (Å²) in [6.45, 7) is 3.55. The van der Waals surface area contributed by atoms with Gasteiger partial charge < -0.3 is 14.3 Å². The minimum absolute atomic E-state index is 0.138. The second-order valence-electron chi connectivity index (χ2n) is 7.40. The second-order valence-corrected chi connectivity index (χ2v) is 8.37. The smallest absolute Gasteiger partial charge is 0.368 e. The second kappa shape index (κ2) is 9.23. The largest absolute Gasteiger partial charge is 0.416 e. The van der Waals surface area contributed by atoms with Gasteiger partial charge in [0.25, 0.3) is 5.91 Å². The molecule has 1 amide bonds. The van der Waals surface area contributed by atoms with E-state index in [1.165, 1.54) is 17.8 Å². The van der Waals surface area contributed by atoms with Gasteiger partial charge in [-0.05, 0) is 37.3 Å². The lowest BCUT2D eigenvalue weighted by Gasteiger charge is -2.36. The normalized spacial score (nSPS) is 14.6. The van der Waals surface area contributed by atoms with Crippen LogP contribution >= 0.6 is 11.8 Å². The summed E-state index contributed by atoms with van der Waals surface area (Å²) in [7, 11) is 0. The molecule has 32 heavy (non-hydrogen) atoms. The van der Waals surface area contributed by atoms with E-state index in [0.717, 1.165) is 23.6 Å². The first-order valence-electron chi connectivity index (χ1n) is 10.0. The molecular weight excluding hydrogens is 441 g/mol. The van der Waals surface area contributed by atoms with Crippen LogP contribution in [0.4, 0.5) is 18.9 Å². The quantitative estimate of drug-likeness (QED) is 0.515. The van der Waals surface area contributed by atoms with E-state index in [1.54, 1.807) is 29.3 Å². The highest BCUT2D eigenvalue weighted by atomic mass is 32.2. The van der Waals surface area contributed by atoms with Crippen LogP contribution in [0.2, 0.25) is 0 Å². The van der Waals surface area contributed by atoms with Crippen LogP contribution in [0.15, 0.2) is 58.2 Å². The number of nitrogens with zero attached hydrogens (tertiary/aromatic N) is 4. The van der Waals surface area contributed by atoms with E-state index < -0.39 is 11.7 Å². The maximum Gasteiger partial charge on any atom is 0.416 e. The number of carbonyl (C=O) groups excluding carboxylic acids is 1. The molecule has 0 unspecified atom stereocenters. The summed E-state index contributed by atoms with van der Waals surface area (Å²) in [5.41, 5.74) is 1.11. The lowest BCUT2D eigenvalue weighted by Crippen LogP contribution is -2.49. The van der Waals surface area contributed by atoms with Crippen LogP contribution in [0.3, 0.4) is 0 Å². The number of aromatic nitrogens is 2. The maximum atomic E-state index is 13.1. The zero-order valence-corrected chi connectivity index (χ0v) is 18.1. The van der Waals surface area contributed by atoms with Crippen LogP contribution in [-0.2, 0) is 11.9 Å². The van der Waals surface area contributed by atoms with Gasteiger partial charge >= 0.3 is 6.18 Å². The molecule has 0 spiro atoms. The Kier molecular flexibility index (Phi) is 6.40. The molecule has 0 atom stereocenters. The van der Waals surface area contributed by atoms with Crippen molar-refractivity contribution in [3.05, 3.63) is 71.2 Å². The Hall–Kier alpha value is -3.01. The molecule has 1 saturated heterocycles. The number of rotatable bonds is 5. The minimum atomic E-state index is -4.38. The number of alkyl halides is 3. The number of amides is 1. The Bertz CT molecular complexity index is 1090. The Morgan fingerprint density at radius 2 is 1.91 bits per heavy atom. The molecule has 10 heteroatoms. The lowest BCUT2D eigenvalue weighted by atomic mass is 10.1. The average Bonchev–Trinajstić information content (AvgIpc) is 3.22. The number of benzene rings is 1. The molecule has 1 aliphatic heterocycles. The first kappa shape index (κ1) is 22.2. The Morgan fingerprint density at radius 3 is 2.59 bits per heavy atom. The van der Waals surface area contributed by atoms with Crippen molar-refractivity contribution >= 4 is 23.4 Å². The van der Waals surface area contributed by atoms with Gasteiger partial charge in [0.2, 0.25) is 0 Å². The number of aryl methyl sites for hydroxylation is 1. The SMILES string of the molecule is Cc1cc(CSc2ncccc2C(=O)N2CCN(c3cccc(C(F)(F)F)c3)CC2)no1. The van der Waals surface area contributed by atoms with E-state index in [9.17, 15) is 18.0 Å². The molecule has 6 nitrogen and oxygen atoms in total. The van der Waals surface area contributed by atoms with Crippen molar-refractivity contribution in [3.63, 3.8) is 0 Å². The van der Waals surface area contributed by atoms with Crippen LogP contribution < -0.4 is 4.90 Å². The van der Waals surface area contributed by atoms with E-state index in [1.807, 2.05) is 17.9 Å². The molecular formula is C22H21F3N4O2S. The monoisotopic (exact) mass is 462 g/mol. The molecule has 1 aliphatic rings. The number of halogens is 3. The van der Waals surface area contributed by atoms with Crippen LogP contribution in [0.1, 0.15) is 27.4 Å². The molecule has 0 radical (unpaired) electrons. The van der Waals surface area contributed by atoms with Crippen molar-refractivity contribution in [2.45, 2.75) is 23.9 Å². The molecule has 0 aliphatic carbocycles. The van der Waals surface area contributed by atoms with Gasteiger partial charge in [-0.3, -0.25) is 4.79 Å². The summed E-state index contributed by atoms with van der Waals surface area (Å²) in [4.78, 5) is 21.1. The summed E-state index contributed by atoms with van der Waals surface area (Å²) in [6, 6.07) is 10.6. The molecule has 168 valence electrons. The zero-order chi connectivity index (χ0) is 22.7. The molecule has 0 saturated carbocycles. The van der Waals surface area contributed by atoms with Crippen molar-refractivity contribution in [3.8, 4) is 0 Å². The van der Waals surface area contributed by atoms with Gasteiger partial charge in [-0.1, -0.05) is 23.0 Å². The fraction of sp³-hybridized carbons (Fsp3) is 0.318. The fourth-order valence-corrected chi connectivity index (χ4v) is 4.38. The topological polar surface area (TPSA) is 62.5 Å². The van der Waals surface area contributed by atoms with Crippen LogP contribution in [0, 0.1) is 6.92 Å². The summed E-state index contributed by atoms with van der Waals surface area (Å²) in [5.74, 6) is 1.11. The van der Waals surface area contributed by atoms with Crippen LogP contribution in [0.25, 0.3) is 0 Å². The predicted octanol–water partition coefficient (Wildman–Crippen LogP) is 4.65. The summed E-state index contributed by atoms with van der Waals surface area (Å²) < 4.78 is 44.1. The molecule has 0 N–H and O–H groups in total. The van der Waals surface area contributed by atoms with E-state index in [-0.39, 0.29) is 5.91 Å². The number of pyridine rings is 1. The Balaban J connectivity index is 1.41. The highest BCUT2D eigenvalue weighted by molar-refractivity contribution is 7.98. The molecule has 0 bridgehead atoms. The average molecular weight is 462 g/mol. The highest BCUT2D eigenvalue weighted by Crippen LogP contribution is 2.32. The van der Waals surface area contributed by atoms with Crippen LogP contribution in [0.5, 0.6) is 0 Å². The van der Waals surface area contributed by atoms with E-state index in [0.29, 0.717) is 48.2 Å². The van der Waals surface area contributed by atoms with E-state index >= 15 is 0 Å². The van der Waals surface area contributed by atoms with Crippen molar-refractivity contribution in [2.24, 2.45) is 0 Å². The predicted molar refractivity (Wildman–Crippen MR) is 115 cm³/mol. The van der Waals surface area contributed by atoms with Crippen molar-refractivity contribution in [1.82, 2.24) is 15.0 Å². The fourth-order valence-electron chi connectivity index (χ4n) is 3.51. The van der Waals surface area contributed by atoms with Gasteiger partial charge in [-0.15, -0.1) is 0 Å². The Morgan fingerprint density at radius 1 is 1.12 bits per heavy atom. The van der Waals surface area contributed by atoms with Gasteiger partial charge in [0.15, 0.2) is 0 Å². The highest BCUT2D eigenvalue weighted by Gasteiger charge is 2.31. The molecule has 2 aromatic heterocycles. The minimum Gasteiger partial charge on any atom is -0.368 e. The first-order valence-corrected chi connectivity index (χ1v) is 11.0. The van der Waals surface area contributed by atoms with Gasteiger partial charge in [0.05, 0.1) is 16.8 Å². The molecule has 3 heterocycles. The number of piperazine rings is 1. The van der Waals surface area contributed by atoms with Gasteiger partial charge in [0, 0.05) is 49.9 Å². The third kappa shape index (κ3) is 5.07. The lowest BCUT2D eigenvalue weighted by molar-refractivity contribution is -0.137. The van der Waals surface area contributed by atoms with E-state index in [4.69, 9.17) is 4.52 Å². The standard InChI is InChI=1S/C22H21F3N4O2S/c1-15-12-17(27-31-15)14-32-20-19(6-3-7-26-20)21(30)29-10-8-28(9-11-29)18-5-2-4-16(13-18)22(23,24)25/h2-7,12-13H,8-11,14H2,1H3. The van der Waals surface area contributed by atoms with Crippen molar-refractivity contribution in [1.29, 1.82) is 0 Å². The van der Waals surface area contributed by atoms with Crippen molar-refractivity contribution in [2.75, 3.05) is 31.1 Å². The zero-order valence-electron chi connectivity index (χ0n) is 17.3. The Labute approximate surface area is 187 Å². The van der Waals surface area contributed by atoms with Crippen molar-refractivity contribution < 1.29 is 22.5 Å². The van der Waals surface area contributed by atoms with Gasteiger partial charge in [-0.25, -0.2) is 4.98 Å². The van der Waals surface area contributed by atoms with E-state index in [2.05, 4.69) is 10.1 Å². The summed E-state index contributed by atoms with van der Waals surface area (Å²) >= 11 is 1.41. The molecule has 4 rings (SSSR count). The third-order valence-corrected chi connectivity index (χ3v) is 6.18. The molecule has 1 aromatic carbocycles. The number of hydrogen-bond donors (Lipinski definition) is 0. The van der Waals surface area contributed by atoms with Gasteiger partial charge in [0.1, 0.15) is 10.8 Å².